The Morgan fingerprint density at radius 3 is 2.16 bits per heavy atom. The highest BCUT2D eigenvalue weighted by atomic mass is 15.1. The number of nitrogens with one attached hydrogen (secondary N) is 1. The Balaban J connectivity index is 2.42. The topological polar surface area (TPSA) is 15.3 Å². The molecule has 1 aromatic rings. The highest BCUT2D eigenvalue weighted by molar-refractivity contribution is 5.46. The molecule has 0 bridgehead atoms. The molecule has 0 aliphatic rings. The van der Waals surface area contributed by atoms with Crippen LogP contribution in [0.5, 0.6) is 0 Å². The molecule has 108 valence electrons. The Bertz CT molecular complexity index is 341. The molecular formula is C17H30N2. The fraction of sp³-hybridized carbons (Fsp3) is 0.647. The molecule has 1 rings (SSSR count). The van der Waals surface area contributed by atoms with E-state index in [1.165, 1.54) is 17.7 Å². The number of rotatable bonds is 8. The summed E-state index contributed by atoms with van der Waals surface area (Å²) in [6, 6.07) is 8.92. The van der Waals surface area contributed by atoms with Crippen LogP contribution in [0.15, 0.2) is 24.3 Å². The van der Waals surface area contributed by atoms with Crippen molar-refractivity contribution in [3.8, 4) is 0 Å². The molecule has 0 aliphatic carbocycles. The van der Waals surface area contributed by atoms with Gasteiger partial charge in [-0.1, -0.05) is 39.8 Å². The van der Waals surface area contributed by atoms with Crippen LogP contribution in [0.4, 0.5) is 5.69 Å². The van der Waals surface area contributed by atoms with Gasteiger partial charge in [-0.05, 0) is 42.5 Å². The first-order chi connectivity index (χ1) is 8.99. The van der Waals surface area contributed by atoms with Crippen molar-refractivity contribution in [2.75, 3.05) is 25.0 Å². The zero-order valence-corrected chi connectivity index (χ0v) is 13.2. The van der Waals surface area contributed by atoms with Crippen molar-refractivity contribution in [1.29, 1.82) is 0 Å². The molecule has 0 amide bonds. The molecule has 0 spiro atoms. The van der Waals surface area contributed by atoms with Crippen molar-refractivity contribution in [2.24, 2.45) is 11.8 Å². The van der Waals surface area contributed by atoms with E-state index in [4.69, 9.17) is 0 Å². The number of hydrogen-bond donors (Lipinski definition) is 1. The minimum Gasteiger partial charge on any atom is -0.375 e. The van der Waals surface area contributed by atoms with Crippen molar-refractivity contribution >= 4 is 5.69 Å². The lowest BCUT2D eigenvalue weighted by Gasteiger charge is -2.20. The van der Waals surface area contributed by atoms with Gasteiger partial charge in [-0.3, -0.25) is 0 Å². The normalized spacial score (nSPS) is 11.3. The lowest BCUT2D eigenvalue weighted by molar-refractivity contribution is 0.552. The standard InChI is InChI=1S/C17H30N2/c1-14(2)10-11-19(5)17-8-6-16(7-9-17)13-18-12-15(3)4/h6-9,14-15,18H,10-13H2,1-5H3. The summed E-state index contributed by atoms with van der Waals surface area (Å²) in [5.74, 6) is 1.48. The van der Waals surface area contributed by atoms with Crippen LogP contribution >= 0.6 is 0 Å². The summed E-state index contributed by atoms with van der Waals surface area (Å²) in [4.78, 5) is 2.34. The molecule has 1 N–H and O–H groups in total. The Hall–Kier alpha value is -1.02. The van der Waals surface area contributed by atoms with Gasteiger partial charge in [-0.2, -0.15) is 0 Å². The van der Waals surface area contributed by atoms with E-state index in [9.17, 15) is 0 Å². The van der Waals surface area contributed by atoms with E-state index < -0.39 is 0 Å². The summed E-state index contributed by atoms with van der Waals surface area (Å²) < 4.78 is 0. The van der Waals surface area contributed by atoms with Crippen molar-refractivity contribution in [3.63, 3.8) is 0 Å². The van der Waals surface area contributed by atoms with Gasteiger partial charge < -0.3 is 10.2 Å². The summed E-state index contributed by atoms with van der Waals surface area (Å²) in [6.45, 7) is 12.2. The summed E-state index contributed by atoms with van der Waals surface area (Å²) in [5.41, 5.74) is 2.68. The first-order valence-electron chi connectivity index (χ1n) is 7.49. The van der Waals surface area contributed by atoms with Gasteiger partial charge in [0.05, 0.1) is 0 Å². The maximum absolute atomic E-state index is 3.48. The number of nitrogens with zero attached hydrogens (tertiary/aromatic N) is 1. The molecule has 2 nitrogen and oxygen atoms in total. The largest absolute Gasteiger partial charge is 0.375 e. The zero-order chi connectivity index (χ0) is 14.3. The minimum absolute atomic E-state index is 0.710. The third kappa shape index (κ3) is 6.63. The first-order valence-corrected chi connectivity index (χ1v) is 7.49. The van der Waals surface area contributed by atoms with Gasteiger partial charge in [0, 0.05) is 25.8 Å². The van der Waals surface area contributed by atoms with Crippen LogP contribution in [-0.2, 0) is 6.54 Å². The molecule has 1 aromatic carbocycles. The van der Waals surface area contributed by atoms with Crippen LogP contribution in [0, 0.1) is 11.8 Å². The van der Waals surface area contributed by atoms with E-state index in [0.717, 1.165) is 25.6 Å². The van der Waals surface area contributed by atoms with Gasteiger partial charge in [-0.25, -0.2) is 0 Å². The van der Waals surface area contributed by atoms with Crippen molar-refractivity contribution in [3.05, 3.63) is 29.8 Å². The van der Waals surface area contributed by atoms with E-state index >= 15 is 0 Å². The van der Waals surface area contributed by atoms with Gasteiger partial charge in [0.15, 0.2) is 0 Å². The smallest absolute Gasteiger partial charge is 0.0363 e. The molecule has 0 saturated heterocycles. The van der Waals surface area contributed by atoms with Crippen LogP contribution < -0.4 is 10.2 Å². The van der Waals surface area contributed by atoms with E-state index in [1.807, 2.05) is 0 Å². The monoisotopic (exact) mass is 262 g/mol. The fourth-order valence-corrected chi connectivity index (χ4v) is 1.95. The minimum atomic E-state index is 0.710. The maximum atomic E-state index is 3.48. The summed E-state index contributed by atoms with van der Waals surface area (Å²) in [5, 5.41) is 3.48. The predicted octanol–water partition coefficient (Wildman–Crippen LogP) is 3.91. The molecule has 0 aliphatic heterocycles. The maximum Gasteiger partial charge on any atom is 0.0363 e. The van der Waals surface area contributed by atoms with E-state index in [1.54, 1.807) is 0 Å². The Kier molecular flexibility index (Phi) is 6.93. The van der Waals surface area contributed by atoms with E-state index in [-0.39, 0.29) is 0 Å². The van der Waals surface area contributed by atoms with Gasteiger partial charge in [0.1, 0.15) is 0 Å². The Morgan fingerprint density at radius 1 is 1.00 bits per heavy atom. The average molecular weight is 262 g/mol. The second-order valence-corrected chi connectivity index (χ2v) is 6.30. The van der Waals surface area contributed by atoms with Crippen molar-refractivity contribution < 1.29 is 0 Å². The summed E-state index contributed by atoms with van der Waals surface area (Å²) >= 11 is 0. The molecular weight excluding hydrogens is 232 g/mol. The molecule has 19 heavy (non-hydrogen) atoms. The van der Waals surface area contributed by atoms with Crippen molar-refractivity contribution in [2.45, 2.75) is 40.7 Å². The number of anilines is 1. The predicted molar refractivity (Wildman–Crippen MR) is 85.7 cm³/mol. The molecule has 0 heterocycles. The third-order valence-corrected chi connectivity index (χ3v) is 3.30. The van der Waals surface area contributed by atoms with Crippen LogP contribution in [0.2, 0.25) is 0 Å². The van der Waals surface area contributed by atoms with Crippen LogP contribution in [0.3, 0.4) is 0 Å². The molecule has 0 saturated carbocycles. The molecule has 0 aromatic heterocycles. The highest BCUT2D eigenvalue weighted by Crippen LogP contribution is 2.15. The molecule has 0 radical (unpaired) electrons. The Morgan fingerprint density at radius 2 is 1.63 bits per heavy atom. The fourth-order valence-electron chi connectivity index (χ4n) is 1.95. The summed E-state index contributed by atoms with van der Waals surface area (Å²) in [6.07, 6.45) is 1.24. The average Bonchev–Trinajstić information content (AvgIpc) is 2.36. The SMILES string of the molecule is CC(C)CCN(C)c1ccc(CNCC(C)C)cc1. The number of hydrogen-bond acceptors (Lipinski definition) is 2. The van der Waals surface area contributed by atoms with E-state index in [0.29, 0.717) is 5.92 Å². The van der Waals surface area contributed by atoms with Gasteiger partial charge >= 0.3 is 0 Å². The van der Waals surface area contributed by atoms with Gasteiger partial charge in [0.25, 0.3) is 0 Å². The molecule has 0 fully saturated rings. The van der Waals surface area contributed by atoms with Crippen LogP contribution in [0.1, 0.15) is 39.7 Å². The Labute approximate surface area is 119 Å². The third-order valence-electron chi connectivity index (χ3n) is 3.30. The summed E-state index contributed by atoms with van der Waals surface area (Å²) in [7, 11) is 2.17. The first kappa shape index (κ1) is 16.0. The quantitative estimate of drug-likeness (QED) is 0.764. The van der Waals surface area contributed by atoms with Gasteiger partial charge in [-0.15, -0.1) is 0 Å². The van der Waals surface area contributed by atoms with Crippen LogP contribution in [0.25, 0.3) is 0 Å². The second-order valence-electron chi connectivity index (χ2n) is 6.30. The zero-order valence-electron chi connectivity index (χ0n) is 13.2. The van der Waals surface area contributed by atoms with Crippen molar-refractivity contribution in [1.82, 2.24) is 5.32 Å². The number of benzene rings is 1. The van der Waals surface area contributed by atoms with Gasteiger partial charge in [0.2, 0.25) is 0 Å². The second kappa shape index (κ2) is 8.21. The van der Waals surface area contributed by atoms with E-state index in [2.05, 4.69) is 69.2 Å². The van der Waals surface area contributed by atoms with Crippen LogP contribution in [-0.4, -0.2) is 20.1 Å². The molecule has 0 atom stereocenters. The highest BCUT2D eigenvalue weighted by Gasteiger charge is 2.02. The molecule has 0 unspecified atom stereocenters. The molecule has 2 heteroatoms. The lowest BCUT2D eigenvalue weighted by atomic mass is 10.1. The lowest BCUT2D eigenvalue weighted by Crippen LogP contribution is -2.20.